The summed E-state index contributed by atoms with van der Waals surface area (Å²) in [5.74, 6) is -1.38. The highest BCUT2D eigenvalue weighted by Gasteiger charge is 2.47. The molecule has 1 atom stereocenters. The number of sulfonamides is 1. The van der Waals surface area contributed by atoms with E-state index in [0.717, 1.165) is 5.56 Å². The predicted octanol–water partition coefficient (Wildman–Crippen LogP) is 4.28. The van der Waals surface area contributed by atoms with Crippen LogP contribution in [0.3, 0.4) is 0 Å². The van der Waals surface area contributed by atoms with Crippen molar-refractivity contribution >= 4 is 33.2 Å². The molecule has 4 rings (SSSR count). The van der Waals surface area contributed by atoms with E-state index in [9.17, 15) is 23.1 Å². The molecule has 0 aliphatic carbocycles. The summed E-state index contributed by atoms with van der Waals surface area (Å²) in [6, 6.07) is 16.3. The number of nitrogens with two attached hydrogens (primary N) is 1. The molecular weight excluding hydrogens is 520 g/mol. The molecule has 3 aromatic rings. The number of carbonyl (C=O) groups is 2. The van der Waals surface area contributed by atoms with Gasteiger partial charge >= 0.3 is 0 Å². The van der Waals surface area contributed by atoms with Crippen molar-refractivity contribution in [2.75, 3.05) is 19.1 Å². The molecule has 1 fully saturated rings. The zero-order valence-electron chi connectivity index (χ0n) is 22.3. The normalized spacial score (nSPS) is 17.4. The number of benzene rings is 3. The molecule has 1 aliphatic rings. The Bertz CT molecular complexity index is 1590. The second kappa shape index (κ2) is 10.2. The number of anilines is 1. The van der Waals surface area contributed by atoms with Crippen LogP contribution in [-0.2, 0) is 25.0 Å². The van der Waals surface area contributed by atoms with Crippen LogP contribution in [0.5, 0.6) is 11.5 Å². The van der Waals surface area contributed by atoms with E-state index in [1.807, 2.05) is 26.8 Å². The number of amides is 1. The maximum atomic E-state index is 13.6. The third-order valence-corrected chi connectivity index (χ3v) is 7.55. The van der Waals surface area contributed by atoms with Crippen molar-refractivity contribution in [1.29, 1.82) is 0 Å². The summed E-state index contributed by atoms with van der Waals surface area (Å²) in [7, 11) is -1.03. The first-order chi connectivity index (χ1) is 18.3. The molecule has 204 valence electrons. The van der Waals surface area contributed by atoms with Gasteiger partial charge in [0.1, 0.15) is 17.3 Å². The molecule has 3 aromatic carbocycles. The first-order valence-electron chi connectivity index (χ1n) is 12.0. The monoisotopic (exact) mass is 550 g/mol. The van der Waals surface area contributed by atoms with Crippen LogP contribution in [0.1, 0.15) is 43.5 Å². The fourth-order valence-electron chi connectivity index (χ4n) is 4.53. The van der Waals surface area contributed by atoms with Gasteiger partial charge in [0, 0.05) is 5.69 Å². The van der Waals surface area contributed by atoms with Crippen LogP contribution in [0.15, 0.2) is 77.2 Å². The summed E-state index contributed by atoms with van der Waals surface area (Å²) in [6.45, 7) is 6.04. The minimum atomic E-state index is -3.98. The molecule has 0 bridgehead atoms. The molecule has 9 nitrogen and oxygen atoms in total. The lowest BCUT2D eigenvalue weighted by molar-refractivity contribution is -0.132. The lowest BCUT2D eigenvalue weighted by Gasteiger charge is -2.26. The van der Waals surface area contributed by atoms with Crippen LogP contribution < -0.4 is 19.5 Å². The van der Waals surface area contributed by atoms with Gasteiger partial charge in [0.25, 0.3) is 11.7 Å². The molecule has 1 aliphatic heterocycles. The van der Waals surface area contributed by atoms with Crippen LogP contribution >= 0.6 is 0 Å². The Kier molecular flexibility index (Phi) is 7.29. The molecule has 0 saturated carbocycles. The van der Waals surface area contributed by atoms with Crippen molar-refractivity contribution in [2.45, 2.75) is 37.1 Å². The zero-order chi connectivity index (χ0) is 28.7. The van der Waals surface area contributed by atoms with Crippen molar-refractivity contribution in [3.8, 4) is 11.5 Å². The van der Waals surface area contributed by atoms with Gasteiger partial charge in [-0.2, -0.15) is 0 Å². The summed E-state index contributed by atoms with van der Waals surface area (Å²) in [5.41, 5.74) is 1.47. The van der Waals surface area contributed by atoms with E-state index in [-0.39, 0.29) is 27.1 Å². The quantitative estimate of drug-likeness (QED) is 0.266. The minimum Gasteiger partial charge on any atom is -0.507 e. The van der Waals surface area contributed by atoms with Crippen molar-refractivity contribution < 1.29 is 32.6 Å². The van der Waals surface area contributed by atoms with Gasteiger partial charge in [0.15, 0.2) is 0 Å². The van der Waals surface area contributed by atoms with E-state index in [0.29, 0.717) is 17.1 Å². The Labute approximate surface area is 227 Å². The molecule has 0 radical (unpaired) electrons. The Morgan fingerprint density at radius 3 is 2.18 bits per heavy atom. The van der Waals surface area contributed by atoms with Crippen LogP contribution in [0.4, 0.5) is 5.69 Å². The van der Waals surface area contributed by atoms with Gasteiger partial charge in [-0.05, 0) is 65.1 Å². The molecule has 0 spiro atoms. The van der Waals surface area contributed by atoms with Gasteiger partial charge in [-0.1, -0.05) is 39.0 Å². The van der Waals surface area contributed by atoms with E-state index >= 15 is 0 Å². The van der Waals surface area contributed by atoms with Gasteiger partial charge in [-0.15, -0.1) is 0 Å². The van der Waals surface area contributed by atoms with Crippen LogP contribution in [0.25, 0.3) is 5.76 Å². The first kappa shape index (κ1) is 27.9. The average molecular weight is 551 g/mol. The number of aliphatic hydroxyl groups excluding tert-OH is 1. The largest absolute Gasteiger partial charge is 0.507 e. The molecule has 1 amide bonds. The van der Waals surface area contributed by atoms with Gasteiger partial charge in [-0.25, -0.2) is 13.6 Å². The number of hydrogen-bond acceptors (Lipinski definition) is 7. The van der Waals surface area contributed by atoms with Gasteiger partial charge in [0.2, 0.25) is 10.0 Å². The van der Waals surface area contributed by atoms with Crippen molar-refractivity contribution in [3.05, 3.63) is 89.0 Å². The standard InChI is InChI=1S/C29H30N2O7S/c1-29(2,3)18-9-14-23(38-5)22(16-18)26(32)24-25(17-7-6-8-20(15-17)37-4)31(28(34)27(24)33)19-10-12-21(13-11-19)39(30,35)36/h6-16,25,32H,1-5H3,(H2,30,35,36)/b26-24+. The number of aliphatic hydroxyl groups is 1. The predicted molar refractivity (Wildman–Crippen MR) is 147 cm³/mol. The van der Waals surface area contributed by atoms with Gasteiger partial charge in [-0.3, -0.25) is 14.5 Å². The minimum absolute atomic E-state index is 0.145. The highest BCUT2D eigenvalue weighted by atomic mass is 32.2. The van der Waals surface area contributed by atoms with Crippen LogP contribution in [0, 0.1) is 0 Å². The molecule has 10 heteroatoms. The van der Waals surface area contributed by atoms with Crippen molar-refractivity contribution in [1.82, 2.24) is 0 Å². The SMILES string of the molecule is COc1cccc(C2/C(=C(\O)c3cc(C(C)(C)C)ccc3OC)C(=O)C(=O)N2c2ccc(S(N)(=O)=O)cc2)c1. The van der Waals surface area contributed by atoms with Gasteiger partial charge in [0.05, 0.1) is 36.3 Å². The maximum Gasteiger partial charge on any atom is 0.300 e. The number of methoxy groups -OCH3 is 2. The summed E-state index contributed by atoms with van der Waals surface area (Å²) in [5, 5.41) is 16.9. The van der Waals surface area contributed by atoms with Crippen molar-refractivity contribution in [3.63, 3.8) is 0 Å². The van der Waals surface area contributed by atoms with E-state index < -0.39 is 33.5 Å². The topological polar surface area (TPSA) is 136 Å². The van der Waals surface area contributed by atoms with E-state index in [4.69, 9.17) is 14.6 Å². The lowest BCUT2D eigenvalue weighted by Crippen LogP contribution is -2.29. The number of ketones is 1. The second-order valence-electron chi connectivity index (χ2n) is 10.1. The number of nitrogens with zero attached hydrogens (tertiary/aromatic N) is 1. The number of Topliss-reactive ketones (excluding diaryl/α,β-unsaturated/α-hetero) is 1. The van der Waals surface area contributed by atoms with Crippen LogP contribution in [-0.4, -0.2) is 39.4 Å². The molecule has 1 saturated heterocycles. The summed E-state index contributed by atoms with van der Waals surface area (Å²) in [4.78, 5) is 28.1. The smallest absolute Gasteiger partial charge is 0.300 e. The molecular formula is C29H30N2O7S. The molecule has 0 aromatic heterocycles. The lowest BCUT2D eigenvalue weighted by atomic mass is 9.85. The number of ether oxygens (including phenoxy) is 2. The number of carbonyl (C=O) groups excluding carboxylic acids is 2. The average Bonchev–Trinajstić information content (AvgIpc) is 3.17. The number of rotatable bonds is 6. The third-order valence-electron chi connectivity index (χ3n) is 6.62. The zero-order valence-corrected chi connectivity index (χ0v) is 23.1. The Hall–Kier alpha value is -4.15. The van der Waals surface area contributed by atoms with Gasteiger partial charge < -0.3 is 14.6 Å². The summed E-state index contributed by atoms with van der Waals surface area (Å²) in [6.07, 6.45) is 0. The molecule has 39 heavy (non-hydrogen) atoms. The van der Waals surface area contributed by atoms with Crippen molar-refractivity contribution in [2.24, 2.45) is 5.14 Å². The maximum absolute atomic E-state index is 13.6. The molecule has 1 unspecified atom stereocenters. The summed E-state index contributed by atoms with van der Waals surface area (Å²) >= 11 is 0. The highest BCUT2D eigenvalue weighted by Crippen LogP contribution is 2.44. The van der Waals surface area contributed by atoms with Crippen LogP contribution in [0.2, 0.25) is 0 Å². The Balaban J connectivity index is 1.99. The van der Waals surface area contributed by atoms with E-state index in [1.54, 1.807) is 36.4 Å². The Morgan fingerprint density at radius 1 is 0.949 bits per heavy atom. The number of primary sulfonamides is 1. The molecule has 3 N–H and O–H groups in total. The summed E-state index contributed by atoms with van der Waals surface area (Å²) < 4.78 is 34.4. The third kappa shape index (κ3) is 5.25. The fourth-order valence-corrected chi connectivity index (χ4v) is 5.04. The number of hydrogen-bond donors (Lipinski definition) is 2. The fraction of sp³-hybridized carbons (Fsp3) is 0.241. The second-order valence-corrected chi connectivity index (χ2v) is 11.7. The van der Waals surface area contributed by atoms with E-state index in [2.05, 4.69) is 0 Å². The van der Waals surface area contributed by atoms with E-state index in [1.165, 1.54) is 43.4 Å². The highest BCUT2D eigenvalue weighted by molar-refractivity contribution is 7.89. The Morgan fingerprint density at radius 2 is 1.62 bits per heavy atom. The molecule has 1 heterocycles. The first-order valence-corrected chi connectivity index (χ1v) is 13.6.